The smallest absolute Gasteiger partial charge is 0.448 e. The molecule has 0 saturated carbocycles. The summed E-state index contributed by atoms with van der Waals surface area (Å²) >= 11 is 0. The molecule has 1 aliphatic rings. The van der Waals surface area contributed by atoms with Crippen molar-refractivity contribution in [3.05, 3.63) is 0 Å². The molecule has 0 amide bonds. The maximum absolute atomic E-state index is 12.2. The van der Waals surface area contributed by atoms with Crippen LogP contribution in [0, 0.1) is 0 Å². The molecule has 1 atom stereocenters. The van der Waals surface area contributed by atoms with E-state index >= 15 is 0 Å². The summed E-state index contributed by atoms with van der Waals surface area (Å²) in [5.74, 6) is 0. The van der Waals surface area contributed by atoms with E-state index < -0.39 is 13.4 Å². The van der Waals surface area contributed by atoms with Gasteiger partial charge in [-0.1, -0.05) is 12.8 Å². The molecular formula is C8H16BF3N-. The van der Waals surface area contributed by atoms with Crippen LogP contribution in [-0.4, -0.2) is 30.9 Å². The molecule has 1 aliphatic heterocycles. The van der Waals surface area contributed by atoms with Gasteiger partial charge in [0, 0.05) is 6.04 Å². The van der Waals surface area contributed by atoms with Gasteiger partial charge in [0.05, 0.1) is 0 Å². The lowest BCUT2D eigenvalue weighted by Crippen LogP contribution is -2.42. The Kier molecular flexibility index (Phi) is 3.65. The van der Waals surface area contributed by atoms with Crippen molar-refractivity contribution in [2.75, 3.05) is 13.0 Å². The van der Waals surface area contributed by atoms with Crippen molar-refractivity contribution >= 4 is 6.98 Å². The zero-order valence-electron chi connectivity index (χ0n) is 7.98. The van der Waals surface area contributed by atoms with Gasteiger partial charge in [0.15, 0.2) is 0 Å². The predicted molar refractivity (Wildman–Crippen MR) is 48.6 cm³/mol. The Morgan fingerprint density at radius 2 is 1.92 bits per heavy atom. The van der Waals surface area contributed by atoms with Crippen LogP contribution in [0.4, 0.5) is 12.9 Å². The summed E-state index contributed by atoms with van der Waals surface area (Å²) in [5, 5.41) is 0. The maximum Gasteiger partial charge on any atom is 0.492 e. The second-order valence-corrected chi connectivity index (χ2v) is 3.90. The average Bonchev–Trinajstić information content (AvgIpc) is 2.14. The first kappa shape index (κ1) is 10.9. The fourth-order valence-corrected chi connectivity index (χ4v) is 1.87. The minimum atomic E-state index is -4.65. The van der Waals surface area contributed by atoms with Gasteiger partial charge in [-0.15, -0.1) is 0 Å². The SMILES string of the molecule is CC1CCCCCN1C[B-](F)(F)F. The van der Waals surface area contributed by atoms with Gasteiger partial charge < -0.3 is 17.8 Å². The van der Waals surface area contributed by atoms with E-state index in [0.29, 0.717) is 6.54 Å². The molecule has 0 aliphatic carbocycles. The molecule has 1 unspecified atom stereocenters. The lowest BCUT2D eigenvalue weighted by molar-refractivity contribution is 0.222. The van der Waals surface area contributed by atoms with Crippen LogP contribution in [0.5, 0.6) is 0 Å². The van der Waals surface area contributed by atoms with Crippen LogP contribution in [0.1, 0.15) is 32.6 Å². The molecule has 0 radical (unpaired) electrons. The number of nitrogens with zero attached hydrogens (tertiary/aromatic N) is 1. The molecule has 1 nitrogen and oxygen atoms in total. The molecule has 0 spiro atoms. The Labute approximate surface area is 77.4 Å². The van der Waals surface area contributed by atoms with Gasteiger partial charge in [0.1, 0.15) is 0 Å². The van der Waals surface area contributed by atoms with Crippen LogP contribution in [0.15, 0.2) is 0 Å². The summed E-state index contributed by atoms with van der Waals surface area (Å²) in [6.45, 7) is -2.14. The Bertz CT molecular complexity index is 160. The van der Waals surface area contributed by atoms with Crippen LogP contribution in [0.3, 0.4) is 0 Å². The van der Waals surface area contributed by atoms with Gasteiger partial charge in [-0.2, -0.15) is 0 Å². The first-order valence-electron chi connectivity index (χ1n) is 4.94. The molecule has 78 valence electrons. The first-order chi connectivity index (χ1) is 5.99. The Morgan fingerprint density at radius 3 is 2.54 bits per heavy atom. The van der Waals surface area contributed by atoms with Crippen molar-refractivity contribution in [2.24, 2.45) is 0 Å². The van der Waals surface area contributed by atoms with E-state index in [1.165, 1.54) is 0 Å². The van der Waals surface area contributed by atoms with Gasteiger partial charge in [0.2, 0.25) is 0 Å². The highest BCUT2D eigenvalue weighted by Crippen LogP contribution is 2.19. The summed E-state index contributed by atoms with van der Waals surface area (Å²) in [5.41, 5.74) is 0. The molecule has 1 heterocycles. The van der Waals surface area contributed by atoms with Crippen molar-refractivity contribution in [3.63, 3.8) is 0 Å². The average molecular weight is 194 g/mol. The van der Waals surface area contributed by atoms with E-state index in [1.807, 2.05) is 6.92 Å². The number of hydrogen-bond acceptors (Lipinski definition) is 1. The lowest BCUT2D eigenvalue weighted by Gasteiger charge is -2.31. The van der Waals surface area contributed by atoms with Gasteiger partial charge in [-0.3, -0.25) is 0 Å². The molecule has 13 heavy (non-hydrogen) atoms. The molecule has 0 aromatic rings. The molecule has 0 aromatic heterocycles. The standard InChI is InChI=1S/C8H16BF3N/c1-8-5-3-2-4-6-13(8)7-9(10,11)12/h8H,2-7H2,1H3/q-1. The van der Waals surface area contributed by atoms with Crippen molar-refractivity contribution in [1.29, 1.82) is 0 Å². The summed E-state index contributed by atoms with van der Waals surface area (Å²) in [6, 6.07) is 0.103. The molecule has 0 bridgehead atoms. The van der Waals surface area contributed by atoms with Crippen molar-refractivity contribution in [1.82, 2.24) is 4.90 Å². The quantitative estimate of drug-likeness (QED) is 0.610. The van der Waals surface area contributed by atoms with Crippen LogP contribution in [0.25, 0.3) is 0 Å². The summed E-state index contributed by atoms with van der Waals surface area (Å²) < 4.78 is 36.5. The maximum atomic E-state index is 12.2. The van der Waals surface area contributed by atoms with Crippen molar-refractivity contribution in [3.8, 4) is 0 Å². The highest BCUT2D eigenvalue weighted by atomic mass is 19.4. The molecule has 0 N–H and O–H groups in total. The molecular weight excluding hydrogens is 178 g/mol. The first-order valence-corrected chi connectivity index (χ1v) is 4.94. The molecule has 1 rings (SSSR count). The number of halogens is 3. The third kappa shape index (κ3) is 4.03. The van der Waals surface area contributed by atoms with E-state index in [2.05, 4.69) is 0 Å². The molecule has 0 aromatic carbocycles. The second-order valence-electron chi connectivity index (χ2n) is 3.90. The van der Waals surface area contributed by atoms with E-state index in [9.17, 15) is 12.9 Å². The van der Waals surface area contributed by atoms with Crippen LogP contribution in [-0.2, 0) is 0 Å². The van der Waals surface area contributed by atoms with Gasteiger partial charge >= 0.3 is 6.98 Å². The van der Waals surface area contributed by atoms with E-state index in [1.54, 1.807) is 4.90 Å². The predicted octanol–water partition coefficient (Wildman–Crippen LogP) is 2.64. The van der Waals surface area contributed by atoms with Gasteiger partial charge in [-0.05, 0) is 32.8 Å². The second kappa shape index (κ2) is 4.35. The minimum absolute atomic E-state index is 0.103. The number of hydrogen-bond donors (Lipinski definition) is 0. The fourth-order valence-electron chi connectivity index (χ4n) is 1.87. The van der Waals surface area contributed by atoms with E-state index in [0.717, 1.165) is 25.7 Å². The number of rotatable bonds is 2. The Morgan fingerprint density at radius 1 is 1.23 bits per heavy atom. The highest BCUT2D eigenvalue weighted by Gasteiger charge is 2.29. The zero-order chi connectivity index (χ0) is 9.90. The van der Waals surface area contributed by atoms with Crippen LogP contribution in [0.2, 0.25) is 0 Å². The summed E-state index contributed by atoms with van der Waals surface area (Å²) in [4.78, 5) is 1.58. The largest absolute Gasteiger partial charge is 0.492 e. The summed E-state index contributed by atoms with van der Waals surface area (Å²) in [6.07, 6.45) is 3.29. The Hall–Kier alpha value is -0.185. The van der Waals surface area contributed by atoms with Crippen molar-refractivity contribution < 1.29 is 12.9 Å². The molecule has 1 fully saturated rings. The zero-order valence-corrected chi connectivity index (χ0v) is 7.98. The lowest BCUT2D eigenvalue weighted by atomic mass is 9.90. The van der Waals surface area contributed by atoms with Crippen LogP contribution >= 0.6 is 0 Å². The molecule has 1 saturated heterocycles. The van der Waals surface area contributed by atoms with Gasteiger partial charge in [-0.25, -0.2) is 0 Å². The normalized spacial score (nSPS) is 27.2. The summed E-state index contributed by atoms with van der Waals surface area (Å²) in [7, 11) is 0. The highest BCUT2D eigenvalue weighted by molar-refractivity contribution is 6.58. The van der Waals surface area contributed by atoms with E-state index in [4.69, 9.17) is 0 Å². The Balaban J connectivity index is 2.45. The fraction of sp³-hybridized carbons (Fsp3) is 1.00. The number of likely N-dealkylation sites (tertiary alicyclic amines) is 1. The third-order valence-corrected chi connectivity index (χ3v) is 2.63. The van der Waals surface area contributed by atoms with Crippen LogP contribution < -0.4 is 0 Å². The van der Waals surface area contributed by atoms with E-state index in [-0.39, 0.29) is 6.04 Å². The topological polar surface area (TPSA) is 3.24 Å². The van der Waals surface area contributed by atoms with Gasteiger partial charge in [0.25, 0.3) is 0 Å². The monoisotopic (exact) mass is 194 g/mol. The molecule has 5 heteroatoms. The van der Waals surface area contributed by atoms with Crippen molar-refractivity contribution in [2.45, 2.75) is 38.6 Å². The minimum Gasteiger partial charge on any atom is -0.448 e. The third-order valence-electron chi connectivity index (χ3n) is 2.63.